The van der Waals surface area contributed by atoms with Crippen LogP contribution in [0.25, 0.3) is 0 Å². The number of allylic oxidation sites excluding steroid dienone is 3. The first-order valence-electron chi connectivity index (χ1n) is 5.75. The highest BCUT2D eigenvalue weighted by atomic mass is 32.2. The molecule has 1 heterocycles. The van der Waals surface area contributed by atoms with Crippen molar-refractivity contribution in [2.45, 2.75) is 16.4 Å². The summed E-state index contributed by atoms with van der Waals surface area (Å²) < 4.78 is 31.3. The molecule has 1 fully saturated rings. The van der Waals surface area contributed by atoms with Crippen LogP contribution in [0.15, 0.2) is 28.8 Å². The van der Waals surface area contributed by atoms with Crippen molar-refractivity contribution in [3.63, 3.8) is 0 Å². The predicted molar refractivity (Wildman–Crippen MR) is 81.0 cm³/mol. The van der Waals surface area contributed by atoms with Crippen LogP contribution in [0.5, 0.6) is 0 Å². The second-order valence-electron chi connectivity index (χ2n) is 4.14. The topological polar surface area (TPSA) is 104 Å². The lowest BCUT2D eigenvalue weighted by molar-refractivity contribution is -0.135. The van der Waals surface area contributed by atoms with Crippen molar-refractivity contribution in [2.75, 3.05) is 11.5 Å². The fraction of sp³-hybridized carbons (Fsp3) is 0.455. The average molecular weight is 335 g/mol. The van der Waals surface area contributed by atoms with Crippen molar-refractivity contribution in [2.24, 2.45) is 4.99 Å². The Bertz CT molecular complexity index is 587. The van der Waals surface area contributed by atoms with Gasteiger partial charge in [-0.3, -0.25) is 14.3 Å². The molecule has 0 aromatic rings. The third kappa shape index (κ3) is 3.87. The standard InChI is InChI=1S/C11H13NO5S3/c13-10(14)9(20(15,16)17)7-1-3-8(4-2-7)12-11-18-5-6-19-11/h1-3,9,11H,4-6H2,(H,13,14)(H,15,16,17). The quantitative estimate of drug-likeness (QED) is 0.749. The van der Waals surface area contributed by atoms with Crippen LogP contribution in [0.2, 0.25) is 0 Å². The number of nitrogens with zero attached hydrogens (tertiary/aromatic N) is 1. The molecule has 0 bridgehead atoms. The second-order valence-corrected chi connectivity index (χ2v) is 8.32. The van der Waals surface area contributed by atoms with Gasteiger partial charge in [0.2, 0.25) is 5.25 Å². The van der Waals surface area contributed by atoms with Gasteiger partial charge < -0.3 is 5.11 Å². The smallest absolute Gasteiger partial charge is 0.329 e. The van der Waals surface area contributed by atoms with Gasteiger partial charge >= 0.3 is 5.97 Å². The van der Waals surface area contributed by atoms with Crippen molar-refractivity contribution in [1.82, 2.24) is 0 Å². The lowest BCUT2D eigenvalue weighted by atomic mass is 10.0. The SMILES string of the molecule is O=C(O)C(C1=CCC(=NC2SCCS2)C=C1)S(=O)(=O)O. The van der Waals surface area contributed by atoms with E-state index >= 15 is 0 Å². The Balaban J connectivity index is 2.13. The van der Waals surface area contributed by atoms with Crippen LogP contribution in [0.4, 0.5) is 0 Å². The van der Waals surface area contributed by atoms with E-state index in [9.17, 15) is 13.2 Å². The summed E-state index contributed by atoms with van der Waals surface area (Å²) in [6, 6.07) is 0. The minimum absolute atomic E-state index is 0.0608. The van der Waals surface area contributed by atoms with Crippen LogP contribution in [-0.4, -0.2) is 51.2 Å². The van der Waals surface area contributed by atoms with Gasteiger partial charge in [-0.1, -0.05) is 12.2 Å². The van der Waals surface area contributed by atoms with Gasteiger partial charge in [0.15, 0.2) is 0 Å². The highest BCUT2D eigenvalue weighted by Gasteiger charge is 2.34. The van der Waals surface area contributed by atoms with E-state index in [0.29, 0.717) is 6.42 Å². The molecule has 2 aliphatic rings. The van der Waals surface area contributed by atoms with Gasteiger partial charge in [0.05, 0.1) is 0 Å². The highest BCUT2D eigenvalue weighted by Crippen LogP contribution is 2.33. The molecule has 1 aliphatic heterocycles. The number of carboxylic acid groups (broad SMARTS) is 1. The molecule has 0 saturated carbocycles. The molecule has 1 atom stereocenters. The van der Waals surface area contributed by atoms with Crippen molar-refractivity contribution in [3.8, 4) is 0 Å². The van der Waals surface area contributed by atoms with Crippen LogP contribution in [0.3, 0.4) is 0 Å². The Morgan fingerprint density at radius 3 is 2.45 bits per heavy atom. The first kappa shape index (κ1) is 15.6. The summed E-state index contributed by atoms with van der Waals surface area (Å²) in [6.45, 7) is 0. The molecule has 6 nitrogen and oxygen atoms in total. The molecule has 2 rings (SSSR count). The number of thioether (sulfide) groups is 2. The lowest BCUT2D eigenvalue weighted by Crippen LogP contribution is -2.31. The van der Waals surface area contributed by atoms with Crippen LogP contribution in [-0.2, 0) is 14.9 Å². The summed E-state index contributed by atoms with van der Waals surface area (Å²) in [5.41, 5.74) is 0.839. The van der Waals surface area contributed by atoms with Gasteiger partial charge in [-0.05, 0) is 11.6 Å². The molecule has 9 heteroatoms. The molecular weight excluding hydrogens is 322 g/mol. The molecule has 1 saturated heterocycles. The molecule has 0 amide bonds. The van der Waals surface area contributed by atoms with Crippen LogP contribution in [0, 0.1) is 0 Å². The number of aliphatic carboxylic acids is 1. The Labute approximate surface area is 125 Å². The third-order valence-corrected chi connectivity index (χ3v) is 6.52. The highest BCUT2D eigenvalue weighted by molar-refractivity contribution is 8.20. The summed E-state index contributed by atoms with van der Waals surface area (Å²) in [5.74, 6) is 0.521. The van der Waals surface area contributed by atoms with E-state index in [0.717, 1.165) is 17.2 Å². The van der Waals surface area contributed by atoms with Crippen molar-refractivity contribution in [1.29, 1.82) is 0 Å². The summed E-state index contributed by atoms with van der Waals surface area (Å²) in [5, 5.41) is 6.97. The number of rotatable bonds is 4. The molecule has 0 radical (unpaired) electrons. The normalized spacial score (nSPS) is 23.9. The molecular formula is C11H13NO5S3. The van der Waals surface area contributed by atoms with Crippen molar-refractivity contribution < 1.29 is 22.9 Å². The Kier molecular flexibility index (Phi) is 4.95. The second kappa shape index (κ2) is 6.33. The number of aliphatic imine (C=N–C) groups is 1. The maximum Gasteiger partial charge on any atom is 0.329 e. The largest absolute Gasteiger partial charge is 0.480 e. The zero-order valence-electron chi connectivity index (χ0n) is 10.3. The van der Waals surface area contributed by atoms with Gasteiger partial charge in [-0.2, -0.15) is 8.42 Å². The summed E-state index contributed by atoms with van der Waals surface area (Å²) in [7, 11) is -4.67. The number of hydrogen-bond donors (Lipinski definition) is 2. The zero-order chi connectivity index (χ0) is 14.8. The number of carboxylic acids is 1. The van der Waals surface area contributed by atoms with Gasteiger partial charge in [-0.25, -0.2) is 0 Å². The predicted octanol–water partition coefficient (Wildman–Crippen LogP) is 1.42. The van der Waals surface area contributed by atoms with E-state index < -0.39 is 21.3 Å². The van der Waals surface area contributed by atoms with E-state index in [1.165, 1.54) is 12.2 Å². The average Bonchev–Trinajstić information content (AvgIpc) is 2.82. The van der Waals surface area contributed by atoms with Gasteiger partial charge in [0, 0.05) is 23.6 Å². The number of carbonyl (C=O) groups is 1. The van der Waals surface area contributed by atoms with Crippen molar-refractivity contribution in [3.05, 3.63) is 23.8 Å². The molecule has 0 aromatic heterocycles. The molecule has 2 N–H and O–H groups in total. The monoisotopic (exact) mass is 335 g/mol. The van der Waals surface area contributed by atoms with E-state index in [1.807, 2.05) is 0 Å². The van der Waals surface area contributed by atoms with E-state index in [4.69, 9.17) is 9.66 Å². The van der Waals surface area contributed by atoms with E-state index in [-0.39, 0.29) is 10.3 Å². The first-order valence-corrected chi connectivity index (χ1v) is 9.35. The van der Waals surface area contributed by atoms with Crippen LogP contribution in [0.1, 0.15) is 6.42 Å². The number of hydrogen-bond acceptors (Lipinski definition) is 6. The fourth-order valence-corrected chi connectivity index (χ4v) is 5.17. The van der Waals surface area contributed by atoms with E-state index in [1.54, 1.807) is 29.6 Å². The maximum absolute atomic E-state index is 11.1. The lowest BCUT2D eigenvalue weighted by Gasteiger charge is -2.14. The van der Waals surface area contributed by atoms with Gasteiger partial charge in [0.25, 0.3) is 10.1 Å². The molecule has 110 valence electrons. The first-order chi connectivity index (χ1) is 9.38. The Morgan fingerprint density at radius 1 is 1.35 bits per heavy atom. The third-order valence-electron chi connectivity index (χ3n) is 2.72. The van der Waals surface area contributed by atoms with Gasteiger partial charge in [-0.15, -0.1) is 23.5 Å². The van der Waals surface area contributed by atoms with Gasteiger partial charge in [0.1, 0.15) is 4.71 Å². The zero-order valence-corrected chi connectivity index (χ0v) is 12.7. The summed E-state index contributed by atoms with van der Waals surface area (Å²) in [4.78, 5) is 15.4. The summed E-state index contributed by atoms with van der Waals surface area (Å²) >= 11 is 3.49. The Morgan fingerprint density at radius 2 is 2.00 bits per heavy atom. The summed E-state index contributed by atoms with van der Waals surface area (Å²) in [6.07, 6.45) is 4.84. The minimum atomic E-state index is -4.67. The molecule has 20 heavy (non-hydrogen) atoms. The van der Waals surface area contributed by atoms with Crippen LogP contribution < -0.4 is 0 Å². The molecule has 1 unspecified atom stereocenters. The van der Waals surface area contributed by atoms with Crippen molar-refractivity contribution >= 4 is 45.3 Å². The van der Waals surface area contributed by atoms with Crippen LogP contribution >= 0.6 is 23.5 Å². The molecule has 0 aromatic carbocycles. The Hall–Kier alpha value is -0.770. The molecule has 1 aliphatic carbocycles. The maximum atomic E-state index is 11.1. The molecule has 0 spiro atoms. The fourth-order valence-electron chi connectivity index (χ4n) is 1.84. The van der Waals surface area contributed by atoms with E-state index in [2.05, 4.69) is 4.99 Å². The minimum Gasteiger partial charge on any atom is -0.480 e.